The Balaban J connectivity index is 1.58. The van der Waals surface area contributed by atoms with Gasteiger partial charge in [0, 0.05) is 11.3 Å². The summed E-state index contributed by atoms with van der Waals surface area (Å²) < 4.78 is 29.6. The van der Waals surface area contributed by atoms with Crippen molar-refractivity contribution in [1.29, 1.82) is 0 Å². The van der Waals surface area contributed by atoms with Crippen LogP contribution in [0.25, 0.3) is 0 Å². The molecule has 0 aliphatic carbocycles. The Bertz CT molecular complexity index is 917. The van der Waals surface area contributed by atoms with E-state index in [0.717, 1.165) is 10.1 Å². The molecule has 9 heteroatoms. The average Bonchev–Trinajstić information content (AvgIpc) is 3.08. The molecule has 0 spiro atoms. The smallest absolute Gasteiger partial charge is 0.387 e. The van der Waals surface area contributed by atoms with Crippen LogP contribution in [-0.4, -0.2) is 22.7 Å². The number of hydrogen-bond acceptors (Lipinski definition) is 6. The molecule has 0 aliphatic rings. The van der Waals surface area contributed by atoms with Crippen LogP contribution in [0.4, 0.5) is 13.9 Å². The van der Waals surface area contributed by atoms with Gasteiger partial charge in [0.1, 0.15) is 5.75 Å². The second-order valence-electron chi connectivity index (χ2n) is 5.51. The first-order valence-electron chi connectivity index (χ1n) is 7.87. The second-order valence-corrected chi connectivity index (χ2v) is 7.71. The van der Waals surface area contributed by atoms with Gasteiger partial charge in [-0.3, -0.25) is 10.1 Å². The number of thioether (sulfide) groups is 1. The SMILES string of the molecule is Cc1ccc(CSc2nnc(NC(=O)c3cccc(OC(F)F)c3)s2)cc1. The molecular weight excluding hydrogens is 392 g/mol. The van der Waals surface area contributed by atoms with Gasteiger partial charge in [-0.25, -0.2) is 0 Å². The number of halogens is 2. The molecule has 0 bridgehead atoms. The lowest BCUT2D eigenvalue weighted by Crippen LogP contribution is -2.12. The van der Waals surface area contributed by atoms with Gasteiger partial charge in [0.15, 0.2) is 4.34 Å². The number of rotatable bonds is 7. The van der Waals surface area contributed by atoms with Gasteiger partial charge in [0.25, 0.3) is 5.91 Å². The van der Waals surface area contributed by atoms with Crippen LogP contribution in [0.1, 0.15) is 21.5 Å². The van der Waals surface area contributed by atoms with E-state index >= 15 is 0 Å². The molecular formula is C18H15F2N3O2S2. The number of amides is 1. The van der Waals surface area contributed by atoms with Crippen LogP contribution in [0, 0.1) is 6.92 Å². The van der Waals surface area contributed by atoms with Crippen molar-refractivity contribution in [3.8, 4) is 5.75 Å². The molecule has 1 N–H and O–H groups in total. The van der Waals surface area contributed by atoms with E-state index in [2.05, 4.69) is 32.4 Å². The molecule has 1 amide bonds. The summed E-state index contributed by atoms with van der Waals surface area (Å²) in [6.07, 6.45) is 0. The zero-order valence-electron chi connectivity index (χ0n) is 14.2. The van der Waals surface area contributed by atoms with Crippen molar-refractivity contribution >= 4 is 34.1 Å². The summed E-state index contributed by atoms with van der Waals surface area (Å²) in [5, 5.41) is 10.9. The molecule has 3 rings (SSSR count). The highest BCUT2D eigenvalue weighted by Crippen LogP contribution is 2.28. The van der Waals surface area contributed by atoms with Gasteiger partial charge in [-0.2, -0.15) is 8.78 Å². The maximum absolute atomic E-state index is 12.3. The third kappa shape index (κ3) is 5.73. The van der Waals surface area contributed by atoms with Crippen LogP contribution in [0.3, 0.4) is 0 Å². The molecule has 1 aromatic heterocycles. The molecule has 0 unspecified atom stereocenters. The van der Waals surface area contributed by atoms with Crippen molar-refractivity contribution < 1.29 is 18.3 Å². The first kappa shape index (κ1) is 19.2. The highest BCUT2D eigenvalue weighted by molar-refractivity contribution is 8.00. The molecule has 0 atom stereocenters. The van der Waals surface area contributed by atoms with Crippen LogP contribution in [-0.2, 0) is 5.75 Å². The van der Waals surface area contributed by atoms with Crippen LogP contribution >= 0.6 is 23.1 Å². The van der Waals surface area contributed by atoms with Crippen LogP contribution in [0.15, 0.2) is 52.9 Å². The molecule has 5 nitrogen and oxygen atoms in total. The van der Waals surface area contributed by atoms with E-state index in [9.17, 15) is 13.6 Å². The van der Waals surface area contributed by atoms with Crippen LogP contribution < -0.4 is 10.1 Å². The number of aromatic nitrogens is 2. The average molecular weight is 407 g/mol. The molecule has 27 heavy (non-hydrogen) atoms. The maximum Gasteiger partial charge on any atom is 0.387 e. The summed E-state index contributed by atoms with van der Waals surface area (Å²) in [6.45, 7) is -0.911. The Morgan fingerprint density at radius 1 is 1.22 bits per heavy atom. The van der Waals surface area contributed by atoms with Gasteiger partial charge in [-0.15, -0.1) is 10.2 Å². The number of carbonyl (C=O) groups is 1. The molecule has 3 aromatic rings. The standard InChI is InChI=1S/C18H15F2N3O2S2/c1-11-5-7-12(8-6-11)10-26-18-23-22-17(27-18)21-15(24)13-3-2-4-14(9-13)25-16(19)20/h2-9,16H,10H2,1H3,(H,21,22,24). The number of nitrogens with zero attached hydrogens (tertiary/aromatic N) is 2. The van der Waals surface area contributed by atoms with Crippen LogP contribution in [0.2, 0.25) is 0 Å². The first-order chi connectivity index (χ1) is 13.0. The molecule has 140 valence electrons. The van der Waals surface area contributed by atoms with E-state index in [1.165, 1.54) is 58.5 Å². The van der Waals surface area contributed by atoms with E-state index in [4.69, 9.17) is 0 Å². The quantitative estimate of drug-likeness (QED) is 0.441. The number of benzene rings is 2. The van der Waals surface area contributed by atoms with Crippen molar-refractivity contribution in [3.05, 3.63) is 65.2 Å². The second kappa shape index (κ2) is 8.92. The van der Waals surface area contributed by atoms with Gasteiger partial charge in [-0.1, -0.05) is 59.0 Å². The van der Waals surface area contributed by atoms with E-state index in [0.29, 0.717) is 5.13 Å². The van der Waals surface area contributed by atoms with E-state index in [1.807, 2.05) is 19.1 Å². The van der Waals surface area contributed by atoms with Gasteiger partial charge < -0.3 is 4.74 Å². The molecule has 2 aromatic carbocycles. The Hall–Kier alpha value is -2.52. The minimum Gasteiger partial charge on any atom is -0.435 e. The highest BCUT2D eigenvalue weighted by Gasteiger charge is 2.13. The zero-order valence-corrected chi connectivity index (χ0v) is 15.8. The highest BCUT2D eigenvalue weighted by atomic mass is 32.2. The van der Waals surface area contributed by atoms with Gasteiger partial charge in [0.05, 0.1) is 0 Å². The fraction of sp³-hybridized carbons (Fsp3) is 0.167. The summed E-state index contributed by atoms with van der Waals surface area (Å²) >= 11 is 2.77. The van der Waals surface area contributed by atoms with E-state index in [1.54, 1.807) is 0 Å². The largest absolute Gasteiger partial charge is 0.435 e. The minimum absolute atomic E-state index is 0.0794. The Kier molecular flexibility index (Phi) is 6.36. The number of alkyl halides is 2. The topological polar surface area (TPSA) is 64.1 Å². The zero-order chi connectivity index (χ0) is 19.2. The lowest BCUT2D eigenvalue weighted by atomic mass is 10.2. The predicted octanol–water partition coefficient (Wildman–Crippen LogP) is 4.99. The third-order valence-corrected chi connectivity index (χ3v) is 5.47. The lowest BCUT2D eigenvalue weighted by Gasteiger charge is -2.06. The molecule has 0 fully saturated rings. The summed E-state index contributed by atoms with van der Waals surface area (Å²) in [6, 6.07) is 13.8. The number of ether oxygens (including phenoxy) is 1. The Morgan fingerprint density at radius 2 is 2.00 bits per heavy atom. The van der Waals surface area contributed by atoms with Crippen molar-refractivity contribution in [1.82, 2.24) is 10.2 Å². The number of nitrogens with one attached hydrogen (secondary N) is 1. The summed E-state index contributed by atoms with van der Waals surface area (Å²) in [7, 11) is 0. The van der Waals surface area contributed by atoms with E-state index < -0.39 is 12.5 Å². The molecule has 0 saturated carbocycles. The van der Waals surface area contributed by atoms with Gasteiger partial charge >= 0.3 is 6.61 Å². The first-order valence-corrected chi connectivity index (χ1v) is 9.68. The summed E-state index contributed by atoms with van der Waals surface area (Å²) in [5.41, 5.74) is 2.56. The fourth-order valence-corrected chi connectivity index (χ4v) is 3.83. The lowest BCUT2D eigenvalue weighted by molar-refractivity contribution is -0.0498. The van der Waals surface area contributed by atoms with Gasteiger partial charge in [0.2, 0.25) is 5.13 Å². The van der Waals surface area contributed by atoms with Crippen molar-refractivity contribution in [2.45, 2.75) is 23.6 Å². The number of hydrogen-bond donors (Lipinski definition) is 1. The van der Waals surface area contributed by atoms with Gasteiger partial charge in [-0.05, 0) is 30.7 Å². The maximum atomic E-state index is 12.3. The summed E-state index contributed by atoms with van der Waals surface area (Å²) in [5.74, 6) is 0.195. The Labute approximate surface area is 162 Å². The normalized spacial score (nSPS) is 10.8. The molecule has 0 radical (unpaired) electrons. The molecule has 1 heterocycles. The number of carbonyl (C=O) groups excluding carboxylic acids is 1. The third-order valence-electron chi connectivity index (χ3n) is 3.43. The van der Waals surface area contributed by atoms with E-state index in [-0.39, 0.29) is 11.3 Å². The van der Waals surface area contributed by atoms with Crippen molar-refractivity contribution in [2.24, 2.45) is 0 Å². The monoisotopic (exact) mass is 407 g/mol. The predicted molar refractivity (Wildman–Crippen MR) is 102 cm³/mol. The Morgan fingerprint density at radius 3 is 2.74 bits per heavy atom. The van der Waals surface area contributed by atoms with Crippen LogP contribution in [0.5, 0.6) is 5.75 Å². The number of anilines is 1. The minimum atomic E-state index is -2.94. The fourth-order valence-electron chi connectivity index (χ4n) is 2.13. The molecule has 0 aliphatic heterocycles. The number of aryl methyl sites for hydroxylation is 1. The van der Waals surface area contributed by atoms with Crippen molar-refractivity contribution in [2.75, 3.05) is 5.32 Å². The van der Waals surface area contributed by atoms with Crippen molar-refractivity contribution in [3.63, 3.8) is 0 Å². The molecule has 0 saturated heterocycles. The summed E-state index contributed by atoms with van der Waals surface area (Å²) in [4.78, 5) is 12.3.